The van der Waals surface area contributed by atoms with Crippen molar-refractivity contribution in [2.75, 3.05) is 0 Å². The van der Waals surface area contributed by atoms with Gasteiger partial charge in [0.15, 0.2) is 0 Å². The molecule has 1 aromatic carbocycles. The van der Waals surface area contributed by atoms with Crippen LogP contribution in [0.5, 0.6) is 0 Å². The van der Waals surface area contributed by atoms with E-state index in [1.54, 1.807) is 6.92 Å². The topological polar surface area (TPSA) is 34.9 Å². The molecule has 1 heterocycles. The molecule has 4 heteroatoms. The molecule has 2 rings (SSSR count). The highest BCUT2D eigenvalue weighted by Gasteiger charge is 2.09. The maximum absolute atomic E-state index is 12.9. The molecule has 0 saturated carbocycles. The van der Waals surface area contributed by atoms with Gasteiger partial charge in [0.05, 0.1) is 11.0 Å². The Hall–Kier alpha value is -1.71. The standard InChI is InChI=1S/C13H15FN2O/c1-10(17)5-4-8-16-12-7-3-2-6-11(12)15-13(16)9-14/h2-3,6-7H,4-5,8-9H2,1H3. The number of Topliss-reactive ketones (excluding diaryl/α,β-unsaturated/α-hetero) is 1. The summed E-state index contributed by atoms with van der Waals surface area (Å²) in [6.45, 7) is 1.64. The van der Waals surface area contributed by atoms with Gasteiger partial charge < -0.3 is 9.36 Å². The van der Waals surface area contributed by atoms with E-state index in [1.165, 1.54) is 0 Å². The highest BCUT2D eigenvalue weighted by Crippen LogP contribution is 2.17. The Morgan fingerprint density at radius 3 is 2.88 bits per heavy atom. The fourth-order valence-electron chi connectivity index (χ4n) is 1.96. The minimum Gasteiger partial charge on any atom is -0.326 e. The molecular formula is C13H15FN2O. The molecule has 0 unspecified atom stereocenters. The number of nitrogens with zero attached hydrogens (tertiary/aromatic N) is 2. The molecule has 90 valence electrons. The molecule has 0 aliphatic rings. The third-order valence-corrected chi connectivity index (χ3v) is 2.76. The molecule has 0 amide bonds. The van der Waals surface area contributed by atoms with Crippen LogP contribution in [-0.2, 0) is 18.0 Å². The summed E-state index contributed by atoms with van der Waals surface area (Å²) in [4.78, 5) is 15.1. The van der Waals surface area contributed by atoms with Crippen LogP contribution < -0.4 is 0 Å². The van der Waals surface area contributed by atoms with Crippen LogP contribution in [0.3, 0.4) is 0 Å². The number of hydrogen-bond acceptors (Lipinski definition) is 2. The van der Waals surface area contributed by atoms with Crippen LogP contribution in [0.1, 0.15) is 25.6 Å². The average Bonchev–Trinajstić information content (AvgIpc) is 2.67. The summed E-state index contributed by atoms with van der Waals surface area (Å²) in [7, 11) is 0. The van der Waals surface area contributed by atoms with Crippen molar-refractivity contribution in [2.24, 2.45) is 0 Å². The number of aryl methyl sites for hydroxylation is 1. The van der Waals surface area contributed by atoms with Gasteiger partial charge >= 0.3 is 0 Å². The Labute approximate surface area is 99.3 Å². The third kappa shape index (κ3) is 2.52. The summed E-state index contributed by atoms with van der Waals surface area (Å²) in [5.41, 5.74) is 1.74. The molecule has 0 aliphatic heterocycles. The van der Waals surface area contributed by atoms with E-state index >= 15 is 0 Å². The first kappa shape index (κ1) is 11.8. The molecule has 0 aliphatic carbocycles. The van der Waals surface area contributed by atoms with Crippen molar-refractivity contribution < 1.29 is 9.18 Å². The maximum Gasteiger partial charge on any atom is 0.147 e. The second kappa shape index (κ2) is 5.08. The summed E-state index contributed by atoms with van der Waals surface area (Å²) in [6.07, 6.45) is 1.25. The Kier molecular flexibility index (Phi) is 3.52. The number of benzene rings is 1. The molecule has 17 heavy (non-hydrogen) atoms. The van der Waals surface area contributed by atoms with Gasteiger partial charge in [0.2, 0.25) is 0 Å². The second-order valence-electron chi connectivity index (χ2n) is 4.11. The molecule has 3 nitrogen and oxygen atoms in total. The zero-order chi connectivity index (χ0) is 12.3. The zero-order valence-electron chi connectivity index (χ0n) is 9.82. The van der Waals surface area contributed by atoms with E-state index in [4.69, 9.17) is 0 Å². The molecule has 0 N–H and O–H groups in total. The summed E-state index contributed by atoms with van der Waals surface area (Å²) < 4.78 is 14.7. The summed E-state index contributed by atoms with van der Waals surface area (Å²) in [5, 5.41) is 0. The number of fused-ring (bicyclic) bond motifs is 1. The van der Waals surface area contributed by atoms with Crippen molar-refractivity contribution in [1.29, 1.82) is 0 Å². The SMILES string of the molecule is CC(=O)CCCn1c(CF)nc2ccccc21. The van der Waals surface area contributed by atoms with Crippen molar-refractivity contribution in [3.63, 3.8) is 0 Å². The van der Waals surface area contributed by atoms with E-state index in [0.717, 1.165) is 17.5 Å². The molecule has 0 radical (unpaired) electrons. The minimum absolute atomic E-state index is 0.163. The van der Waals surface area contributed by atoms with Gasteiger partial charge in [0.25, 0.3) is 0 Å². The number of carbonyl (C=O) groups is 1. The average molecular weight is 234 g/mol. The number of hydrogen-bond donors (Lipinski definition) is 0. The first-order chi connectivity index (χ1) is 8.22. The number of alkyl halides is 1. The predicted molar refractivity (Wildman–Crippen MR) is 64.5 cm³/mol. The molecular weight excluding hydrogens is 219 g/mol. The molecule has 0 spiro atoms. The first-order valence-corrected chi connectivity index (χ1v) is 5.72. The minimum atomic E-state index is -0.575. The maximum atomic E-state index is 12.9. The fraction of sp³-hybridized carbons (Fsp3) is 0.385. The van der Waals surface area contributed by atoms with E-state index in [9.17, 15) is 9.18 Å². The van der Waals surface area contributed by atoms with E-state index in [2.05, 4.69) is 4.98 Å². The quantitative estimate of drug-likeness (QED) is 0.797. The van der Waals surface area contributed by atoms with E-state index < -0.39 is 6.67 Å². The van der Waals surface area contributed by atoms with Crippen LogP contribution in [0.15, 0.2) is 24.3 Å². The second-order valence-corrected chi connectivity index (χ2v) is 4.11. The van der Waals surface area contributed by atoms with Gasteiger partial charge in [-0.25, -0.2) is 9.37 Å². The third-order valence-electron chi connectivity index (χ3n) is 2.76. The number of para-hydroxylation sites is 2. The van der Waals surface area contributed by atoms with Crippen molar-refractivity contribution in [3.8, 4) is 0 Å². The van der Waals surface area contributed by atoms with Gasteiger partial charge in [-0.05, 0) is 25.5 Å². The Morgan fingerprint density at radius 2 is 2.18 bits per heavy atom. The monoisotopic (exact) mass is 234 g/mol. The van der Waals surface area contributed by atoms with Crippen molar-refractivity contribution >= 4 is 16.8 Å². The van der Waals surface area contributed by atoms with Crippen LogP contribution in [0.2, 0.25) is 0 Å². The normalized spacial score (nSPS) is 10.9. The number of aromatic nitrogens is 2. The molecule has 0 fully saturated rings. The Balaban J connectivity index is 2.27. The first-order valence-electron chi connectivity index (χ1n) is 5.72. The lowest BCUT2D eigenvalue weighted by atomic mass is 10.2. The largest absolute Gasteiger partial charge is 0.326 e. The number of rotatable bonds is 5. The number of halogens is 1. The molecule has 2 aromatic rings. The van der Waals surface area contributed by atoms with Crippen LogP contribution >= 0.6 is 0 Å². The van der Waals surface area contributed by atoms with Crippen molar-refractivity contribution in [3.05, 3.63) is 30.1 Å². The van der Waals surface area contributed by atoms with Gasteiger partial charge in [-0.2, -0.15) is 0 Å². The van der Waals surface area contributed by atoms with Crippen molar-refractivity contribution in [2.45, 2.75) is 33.0 Å². The van der Waals surface area contributed by atoms with Gasteiger partial charge in [0, 0.05) is 13.0 Å². The lowest BCUT2D eigenvalue weighted by molar-refractivity contribution is -0.117. The number of imidazole rings is 1. The van der Waals surface area contributed by atoms with Crippen LogP contribution in [0.25, 0.3) is 11.0 Å². The summed E-state index contributed by atoms with van der Waals surface area (Å²) in [5.74, 6) is 0.603. The molecule has 0 bridgehead atoms. The van der Waals surface area contributed by atoms with Gasteiger partial charge in [-0.15, -0.1) is 0 Å². The van der Waals surface area contributed by atoms with Crippen LogP contribution in [0, 0.1) is 0 Å². The molecule has 0 atom stereocenters. The Morgan fingerprint density at radius 1 is 1.41 bits per heavy atom. The Bertz CT molecular complexity index is 533. The van der Waals surface area contributed by atoms with Gasteiger partial charge in [0.1, 0.15) is 18.3 Å². The number of carbonyl (C=O) groups excluding carboxylic acids is 1. The van der Waals surface area contributed by atoms with E-state index in [1.807, 2.05) is 28.8 Å². The predicted octanol–water partition coefficient (Wildman–Crippen LogP) is 2.88. The van der Waals surface area contributed by atoms with Crippen LogP contribution in [-0.4, -0.2) is 15.3 Å². The fourth-order valence-corrected chi connectivity index (χ4v) is 1.96. The van der Waals surface area contributed by atoms with E-state index in [-0.39, 0.29) is 5.78 Å². The summed E-state index contributed by atoms with van der Waals surface area (Å²) in [6, 6.07) is 7.59. The summed E-state index contributed by atoms with van der Waals surface area (Å²) >= 11 is 0. The zero-order valence-corrected chi connectivity index (χ0v) is 9.82. The van der Waals surface area contributed by atoms with E-state index in [0.29, 0.717) is 18.8 Å². The van der Waals surface area contributed by atoms with Gasteiger partial charge in [-0.3, -0.25) is 0 Å². The van der Waals surface area contributed by atoms with Crippen molar-refractivity contribution in [1.82, 2.24) is 9.55 Å². The lowest BCUT2D eigenvalue weighted by Gasteiger charge is -2.06. The molecule has 1 aromatic heterocycles. The van der Waals surface area contributed by atoms with Gasteiger partial charge in [-0.1, -0.05) is 12.1 Å². The highest BCUT2D eigenvalue weighted by molar-refractivity contribution is 5.76. The highest BCUT2D eigenvalue weighted by atomic mass is 19.1. The van der Waals surface area contributed by atoms with Crippen LogP contribution in [0.4, 0.5) is 4.39 Å². The number of ketones is 1. The molecule has 0 saturated heterocycles. The smallest absolute Gasteiger partial charge is 0.147 e. The lowest BCUT2D eigenvalue weighted by Crippen LogP contribution is -2.04.